The molecule has 0 unspecified atom stereocenters. The molecule has 3 N–H and O–H groups in total. The van der Waals surface area contributed by atoms with Crippen LogP contribution in [0.25, 0.3) is 10.9 Å². The summed E-state index contributed by atoms with van der Waals surface area (Å²) in [5.74, 6) is -1.00. The number of hydrogen-bond acceptors (Lipinski definition) is 4. The summed E-state index contributed by atoms with van der Waals surface area (Å²) in [6.07, 6.45) is 1.11. The Morgan fingerprint density at radius 3 is 2.44 bits per heavy atom. The maximum absolute atomic E-state index is 13.1. The highest BCUT2D eigenvalue weighted by atomic mass is 16.2. The molecule has 0 radical (unpaired) electrons. The van der Waals surface area contributed by atoms with Crippen LogP contribution in [0.15, 0.2) is 48.5 Å². The Morgan fingerprint density at radius 2 is 1.72 bits per heavy atom. The van der Waals surface area contributed by atoms with Crippen LogP contribution >= 0.6 is 0 Å². The summed E-state index contributed by atoms with van der Waals surface area (Å²) < 4.78 is 0. The van der Waals surface area contributed by atoms with Crippen molar-refractivity contribution >= 4 is 34.3 Å². The molecule has 1 aromatic heterocycles. The lowest BCUT2D eigenvalue weighted by atomic mass is 9.95. The summed E-state index contributed by atoms with van der Waals surface area (Å²) in [7, 11) is 0. The number of benzene rings is 2. The van der Waals surface area contributed by atoms with Gasteiger partial charge >= 0.3 is 0 Å². The molecule has 0 bridgehead atoms. The number of nitrogens with two attached hydrogens (primary N) is 1. The molecule has 3 aromatic rings. The zero-order valence-corrected chi connectivity index (χ0v) is 18.2. The Balaban J connectivity index is 1.56. The number of anilines is 1. The molecule has 7 nitrogen and oxygen atoms in total. The molecule has 1 saturated heterocycles. The van der Waals surface area contributed by atoms with Gasteiger partial charge in [-0.1, -0.05) is 24.3 Å². The smallest absolute Gasteiger partial charge is 0.257 e. The molecule has 0 aliphatic carbocycles. The summed E-state index contributed by atoms with van der Waals surface area (Å²) in [6, 6.07) is 14.7. The van der Waals surface area contributed by atoms with Crippen molar-refractivity contribution in [2.24, 2.45) is 11.7 Å². The number of aryl methyl sites for hydroxylation is 2. The highest BCUT2D eigenvalue weighted by Crippen LogP contribution is 2.24. The molecule has 0 atom stereocenters. The molecule has 3 amide bonds. The number of hydrogen-bond donors (Lipinski definition) is 2. The van der Waals surface area contributed by atoms with Gasteiger partial charge in [0, 0.05) is 24.4 Å². The third-order valence-corrected chi connectivity index (χ3v) is 6.00. The van der Waals surface area contributed by atoms with E-state index in [4.69, 9.17) is 5.73 Å². The second-order valence-corrected chi connectivity index (χ2v) is 8.29. The van der Waals surface area contributed by atoms with Crippen LogP contribution in [0.2, 0.25) is 0 Å². The van der Waals surface area contributed by atoms with E-state index in [0.717, 1.165) is 16.5 Å². The van der Waals surface area contributed by atoms with Gasteiger partial charge in [-0.05, 0) is 56.5 Å². The molecular formula is C25H26N4O3. The zero-order valence-electron chi connectivity index (χ0n) is 18.2. The van der Waals surface area contributed by atoms with Crippen LogP contribution in [-0.2, 0) is 4.79 Å². The zero-order chi connectivity index (χ0) is 22.8. The van der Waals surface area contributed by atoms with E-state index in [9.17, 15) is 14.4 Å². The lowest BCUT2D eigenvalue weighted by Gasteiger charge is -2.31. The van der Waals surface area contributed by atoms with Gasteiger partial charge in [-0.25, -0.2) is 0 Å². The van der Waals surface area contributed by atoms with E-state index in [0.29, 0.717) is 48.4 Å². The maximum atomic E-state index is 13.1. The SMILES string of the molecule is Cc1ccc2cc(C(=O)Nc3ccccc3C(=O)N3CCC(C(N)=O)CC3)c(C)nc2c1. The van der Waals surface area contributed by atoms with E-state index in [2.05, 4.69) is 10.3 Å². The fourth-order valence-electron chi connectivity index (χ4n) is 4.11. The summed E-state index contributed by atoms with van der Waals surface area (Å²) >= 11 is 0. The van der Waals surface area contributed by atoms with E-state index in [1.54, 1.807) is 36.1 Å². The Hall–Kier alpha value is -3.74. The Kier molecular flexibility index (Phi) is 5.90. The number of aromatic nitrogens is 1. The van der Waals surface area contributed by atoms with Crippen molar-refractivity contribution in [2.75, 3.05) is 18.4 Å². The van der Waals surface area contributed by atoms with Crippen LogP contribution in [0.1, 0.15) is 44.8 Å². The second kappa shape index (κ2) is 8.78. The van der Waals surface area contributed by atoms with E-state index in [1.165, 1.54) is 0 Å². The number of primary amides is 1. The Labute approximate surface area is 186 Å². The third kappa shape index (κ3) is 4.32. The number of amides is 3. The highest BCUT2D eigenvalue weighted by molar-refractivity contribution is 6.10. The molecule has 0 saturated carbocycles. The number of fused-ring (bicyclic) bond motifs is 1. The lowest BCUT2D eigenvalue weighted by Crippen LogP contribution is -2.42. The van der Waals surface area contributed by atoms with Crippen molar-refractivity contribution in [3.05, 3.63) is 70.9 Å². The van der Waals surface area contributed by atoms with E-state index < -0.39 is 0 Å². The van der Waals surface area contributed by atoms with Crippen molar-refractivity contribution in [1.82, 2.24) is 9.88 Å². The fourth-order valence-corrected chi connectivity index (χ4v) is 4.11. The second-order valence-electron chi connectivity index (χ2n) is 8.29. The van der Waals surface area contributed by atoms with Crippen molar-refractivity contribution < 1.29 is 14.4 Å². The number of pyridine rings is 1. The van der Waals surface area contributed by atoms with Gasteiger partial charge in [0.15, 0.2) is 0 Å². The van der Waals surface area contributed by atoms with Crippen LogP contribution < -0.4 is 11.1 Å². The molecule has 164 valence electrons. The van der Waals surface area contributed by atoms with Crippen molar-refractivity contribution in [1.29, 1.82) is 0 Å². The topological polar surface area (TPSA) is 105 Å². The van der Waals surface area contributed by atoms with Crippen LogP contribution in [0.3, 0.4) is 0 Å². The summed E-state index contributed by atoms with van der Waals surface area (Å²) in [5, 5.41) is 3.77. The third-order valence-electron chi connectivity index (χ3n) is 6.00. The van der Waals surface area contributed by atoms with E-state index in [-0.39, 0.29) is 23.6 Å². The minimum Gasteiger partial charge on any atom is -0.369 e. The van der Waals surface area contributed by atoms with Crippen LogP contribution in [-0.4, -0.2) is 40.7 Å². The molecule has 0 spiro atoms. The number of likely N-dealkylation sites (tertiary alicyclic amines) is 1. The number of carbonyl (C=O) groups is 3. The Morgan fingerprint density at radius 1 is 1.00 bits per heavy atom. The predicted octanol–water partition coefficient (Wildman–Crippen LogP) is 3.44. The highest BCUT2D eigenvalue weighted by Gasteiger charge is 2.27. The van der Waals surface area contributed by atoms with Gasteiger partial charge in [0.25, 0.3) is 11.8 Å². The van der Waals surface area contributed by atoms with Gasteiger partial charge in [-0.2, -0.15) is 0 Å². The van der Waals surface area contributed by atoms with E-state index >= 15 is 0 Å². The number of rotatable bonds is 4. The molecule has 1 aliphatic rings. The first-order valence-electron chi connectivity index (χ1n) is 10.7. The molecule has 4 rings (SSSR count). The number of nitrogens with one attached hydrogen (secondary N) is 1. The monoisotopic (exact) mass is 430 g/mol. The number of para-hydroxylation sites is 1. The van der Waals surface area contributed by atoms with Gasteiger partial charge in [-0.3, -0.25) is 19.4 Å². The van der Waals surface area contributed by atoms with Crippen molar-refractivity contribution in [3.63, 3.8) is 0 Å². The molecular weight excluding hydrogens is 404 g/mol. The van der Waals surface area contributed by atoms with Gasteiger partial charge < -0.3 is 16.0 Å². The summed E-state index contributed by atoms with van der Waals surface area (Å²) in [4.78, 5) is 43.9. The van der Waals surface area contributed by atoms with Crippen LogP contribution in [0.5, 0.6) is 0 Å². The van der Waals surface area contributed by atoms with E-state index in [1.807, 2.05) is 31.2 Å². The molecule has 2 aromatic carbocycles. The molecule has 7 heteroatoms. The lowest BCUT2D eigenvalue weighted by molar-refractivity contribution is -0.123. The molecule has 1 aliphatic heterocycles. The van der Waals surface area contributed by atoms with Gasteiger partial charge in [-0.15, -0.1) is 0 Å². The number of carbonyl (C=O) groups excluding carboxylic acids is 3. The van der Waals surface area contributed by atoms with Crippen LogP contribution in [0, 0.1) is 19.8 Å². The first-order chi connectivity index (χ1) is 15.3. The first-order valence-corrected chi connectivity index (χ1v) is 10.7. The largest absolute Gasteiger partial charge is 0.369 e. The van der Waals surface area contributed by atoms with Crippen molar-refractivity contribution in [3.8, 4) is 0 Å². The molecule has 1 fully saturated rings. The quantitative estimate of drug-likeness (QED) is 0.661. The number of piperidine rings is 1. The van der Waals surface area contributed by atoms with Crippen molar-refractivity contribution in [2.45, 2.75) is 26.7 Å². The average Bonchev–Trinajstić information content (AvgIpc) is 2.78. The van der Waals surface area contributed by atoms with Crippen LogP contribution in [0.4, 0.5) is 5.69 Å². The maximum Gasteiger partial charge on any atom is 0.257 e. The molecule has 2 heterocycles. The summed E-state index contributed by atoms with van der Waals surface area (Å²) in [5.41, 5.74) is 9.29. The Bertz CT molecular complexity index is 1210. The van der Waals surface area contributed by atoms with Gasteiger partial charge in [0.05, 0.1) is 28.0 Å². The fraction of sp³-hybridized carbons (Fsp3) is 0.280. The predicted molar refractivity (Wildman–Crippen MR) is 123 cm³/mol. The average molecular weight is 431 g/mol. The molecule has 32 heavy (non-hydrogen) atoms. The standard InChI is InChI=1S/C25H26N4O3/c1-15-7-8-18-14-20(16(2)27-22(18)13-15)24(31)28-21-6-4-3-5-19(21)25(32)29-11-9-17(10-12-29)23(26)30/h3-8,13-14,17H,9-12H2,1-2H3,(H2,26,30)(H,28,31). The van der Waals surface area contributed by atoms with Gasteiger partial charge in [0.1, 0.15) is 0 Å². The summed E-state index contributed by atoms with van der Waals surface area (Å²) in [6.45, 7) is 4.72. The van der Waals surface area contributed by atoms with Gasteiger partial charge in [0.2, 0.25) is 5.91 Å². The first kappa shape index (κ1) is 21.5. The number of nitrogens with zero attached hydrogens (tertiary/aromatic N) is 2. The minimum absolute atomic E-state index is 0.173. The minimum atomic E-state index is -0.320. The normalized spacial score (nSPS) is 14.4.